The minimum atomic E-state index is -2.09. The second kappa shape index (κ2) is 4.35. The Labute approximate surface area is 95.0 Å². The van der Waals surface area contributed by atoms with E-state index in [4.69, 9.17) is 14.6 Å². The minimum Gasteiger partial charge on any atom is -0.423 e. The Kier molecular flexibility index (Phi) is 3.07. The Morgan fingerprint density at radius 2 is 1.62 bits per heavy atom. The predicted molar refractivity (Wildman–Crippen MR) is 62.8 cm³/mol. The minimum absolute atomic E-state index is 0.264. The van der Waals surface area contributed by atoms with Gasteiger partial charge in [-0.25, -0.2) is 4.21 Å². The lowest BCUT2D eigenvalue weighted by Crippen LogP contribution is -2.30. The zero-order valence-electron chi connectivity index (χ0n) is 8.20. The van der Waals surface area contributed by atoms with E-state index in [2.05, 4.69) is 0 Å². The van der Waals surface area contributed by atoms with Crippen LogP contribution >= 0.6 is 0 Å². The molecule has 1 unspecified atom stereocenters. The molecule has 0 aromatic heterocycles. The molecule has 2 aromatic rings. The third-order valence-electron chi connectivity index (χ3n) is 2.38. The van der Waals surface area contributed by atoms with Crippen molar-refractivity contribution in [2.24, 2.45) is 0 Å². The molecule has 0 saturated carbocycles. The summed E-state index contributed by atoms with van der Waals surface area (Å²) in [5.41, 5.74) is 0.324. The van der Waals surface area contributed by atoms with Crippen LogP contribution in [0.25, 0.3) is 10.8 Å². The fourth-order valence-electron chi connectivity index (χ4n) is 1.68. The van der Waals surface area contributed by atoms with Crippen LogP contribution in [0.4, 0.5) is 0 Å². The van der Waals surface area contributed by atoms with Gasteiger partial charge < -0.3 is 14.6 Å². The third-order valence-corrected chi connectivity index (χ3v) is 3.11. The molecular weight excluding hydrogens is 227 g/mol. The molecule has 0 fully saturated rings. The van der Waals surface area contributed by atoms with E-state index in [1.807, 2.05) is 0 Å². The normalized spacial score (nSPS) is 12.7. The number of rotatable bonds is 2. The SMILES string of the molecule is O=S(O)c1cccc2c(B(O)O)cccc12. The molecule has 0 aliphatic carbocycles. The molecule has 0 amide bonds. The fourth-order valence-corrected chi connectivity index (χ4v) is 2.24. The Morgan fingerprint density at radius 3 is 2.25 bits per heavy atom. The van der Waals surface area contributed by atoms with Crippen LogP contribution in [-0.2, 0) is 11.1 Å². The first-order chi connectivity index (χ1) is 7.61. The van der Waals surface area contributed by atoms with Gasteiger partial charge in [0, 0.05) is 0 Å². The number of hydrogen-bond donors (Lipinski definition) is 3. The highest BCUT2D eigenvalue weighted by Crippen LogP contribution is 2.19. The number of benzene rings is 2. The lowest BCUT2D eigenvalue weighted by molar-refractivity contribution is 0.426. The molecule has 0 saturated heterocycles. The molecule has 0 spiro atoms. The molecular formula is C10H9BO4S. The van der Waals surface area contributed by atoms with Gasteiger partial charge in [0.05, 0.1) is 4.90 Å². The molecule has 1 atom stereocenters. The maximum atomic E-state index is 11.1. The smallest absolute Gasteiger partial charge is 0.423 e. The Morgan fingerprint density at radius 1 is 1.00 bits per heavy atom. The molecule has 16 heavy (non-hydrogen) atoms. The van der Waals surface area contributed by atoms with Gasteiger partial charge in [0.15, 0.2) is 11.1 Å². The zero-order chi connectivity index (χ0) is 11.7. The number of hydrogen-bond acceptors (Lipinski definition) is 3. The van der Waals surface area contributed by atoms with E-state index in [-0.39, 0.29) is 4.90 Å². The maximum Gasteiger partial charge on any atom is 0.489 e. The second-order valence-corrected chi connectivity index (χ2v) is 4.26. The van der Waals surface area contributed by atoms with Crippen molar-refractivity contribution in [2.75, 3.05) is 0 Å². The van der Waals surface area contributed by atoms with Crippen LogP contribution in [0.1, 0.15) is 0 Å². The summed E-state index contributed by atoms with van der Waals surface area (Å²) in [5.74, 6) is 0. The van der Waals surface area contributed by atoms with E-state index in [1.165, 1.54) is 6.07 Å². The molecule has 82 valence electrons. The Balaban J connectivity index is 2.81. The maximum absolute atomic E-state index is 11.1. The van der Waals surface area contributed by atoms with E-state index in [0.717, 1.165) is 0 Å². The topological polar surface area (TPSA) is 77.8 Å². The van der Waals surface area contributed by atoms with Crippen LogP contribution in [0.15, 0.2) is 41.3 Å². The van der Waals surface area contributed by atoms with Gasteiger partial charge >= 0.3 is 7.12 Å². The summed E-state index contributed by atoms with van der Waals surface area (Å²) in [7, 11) is -1.59. The summed E-state index contributed by atoms with van der Waals surface area (Å²) in [4.78, 5) is 0.264. The third kappa shape index (κ3) is 1.88. The van der Waals surface area contributed by atoms with Crippen molar-refractivity contribution in [2.45, 2.75) is 4.90 Å². The van der Waals surface area contributed by atoms with Crippen LogP contribution in [0.2, 0.25) is 0 Å². The quantitative estimate of drug-likeness (QED) is 0.510. The van der Waals surface area contributed by atoms with Gasteiger partial charge in [0.1, 0.15) is 0 Å². The summed E-state index contributed by atoms with van der Waals surface area (Å²) in [6, 6.07) is 9.68. The second-order valence-electron chi connectivity index (χ2n) is 3.32. The summed E-state index contributed by atoms with van der Waals surface area (Å²) in [6.07, 6.45) is 0. The molecule has 0 radical (unpaired) electrons. The van der Waals surface area contributed by atoms with Crippen LogP contribution in [0.3, 0.4) is 0 Å². The average molecular weight is 236 g/mol. The van der Waals surface area contributed by atoms with Crippen LogP contribution in [0.5, 0.6) is 0 Å². The van der Waals surface area contributed by atoms with Crippen molar-refractivity contribution >= 4 is 34.4 Å². The van der Waals surface area contributed by atoms with Gasteiger partial charge in [-0.05, 0) is 22.3 Å². The predicted octanol–water partition coefficient (Wildman–Crippen LogP) is 0.100. The lowest BCUT2D eigenvalue weighted by Gasteiger charge is -2.07. The monoisotopic (exact) mass is 236 g/mol. The molecule has 4 nitrogen and oxygen atoms in total. The van der Waals surface area contributed by atoms with Gasteiger partial charge in [0.2, 0.25) is 0 Å². The van der Waals surface area contributed by atoms with E-state index >= 15 is 0 Å². The average Bonchev–Trinajstić information content (AvgIpc) is 2.27. The molecule has 2 aromatic carbocycles. The van der Waals surface area contributed by atoms with Gasteiger partial charge in [-0.2, -0.15) is 0 Å². The molecule has 3 N–H and O–H groups in total. The molecule has 0 bridgehead atoms. The van der Waals surface area contributed by atoms with Gasteiger partial charge in [0.25, 0.3) is 0 Å². The van der Waals surface area contributed by atoms with Crippen LogP contribution < -0.4 is 5.46 Å². The Hall–Kier alpha value is -1.21. The first-order valence-corrected chi connectivity index (χ1v) is 5.70. The van der Waals surface area contributed by atoms with Crippen molar-refractivity contribution in [3.63, 3.8) is 0 Å². The van der Waals surface area contributed by atoms with Crippen molar-refractivity contribution in [1.29, 1.82) is 0 Å². The zero-order valence-corrected chi connectivity index (χ0v) is 9.02. The van der Waals surface area contributed by atoms with Crippen LogP contribution in [0, 0.1) is 0 Å². The number of fused-ring (bicyclic) bond motifs is 1. The molecule has 2 rings (SSSR count). The summed E-state index contributed by atoms with van der Waals surface area (Å²) < 4.78 is 20.2. The molecule has 0 heterocycles. The van der Waals surface area contributed by atoms with Gasteiger partial charge in [-0.15, -0.1) is 0 Å². The van der Waals surface area contributed by atoms with E-state index in [9.17, 15) is 4.21 Å². The fraction of sp³-hybridized carbons (Fsp3) is 0. The van der Waals surface area contributed by atoms with Gasteiger partial charge in [-0.1, -0.05) is 30.3 Å². The van der Waals surface area contributed by atoms with Crippen molar-refractivity contribution in [1.82, 2.24) is 0 Å². The van der Waals surface area contributed by atoms with E-state index < -0.39 is 18.2 Å². The summed E-state index contributed by atoms with van der Waals surface area (Å²) in [6.45, 7) is 0. The summed E-state index contributed by atoms with van der Waals surface area (Å²) in [5, 5.41) is 19.5. The van der Waals surface area contributed by atoms with E-state index in [1.54, 1.807) is 30.3 Å². The van der Waals surface area contributed by atoms with Crippen molar-refractivity contribution < 1.29 is 18.8 Å². The van der Waals surface area contributed by atoms with Crippen LogP contribution in [-0.4, -0.2) is 25.9 Å². The largest absolute Gasteiger partial charge is 0.489 e. The highest BCUT2D eigenvalue weighted by atomic mass is 32.2. The lowest BCUT2D eigenvalue weighted by atomic mass is 9.77. The van der Waals surface area contributed by atoms with Crippen molar-refractivity contribution in [3.05, 3.63) is 36.4 Å². The Bertz CT molecular complexity index is 556. The van der Waals surface area contributed by atoms with E-state index in [0.29, 0.717) is 16.2 Å². The van der Waals surface area contributed by atoms with Crippen molar-refractivity contribution in [3.8, 4) is 0 Å². The summed E-state index contributed by atoms with van der Waals surface area (Å²) >= 11 is -2.09. The molecule has 0 aliphatic rings. The first-order valence-electron chi connectivity index (χ1n) is 4.60. The highest BCUT2D eigenvalue weighted by Gasteiger charge is 2.16. The highest BCUT2D eigenvalue weighted by molar-refractivity contribution is 7.79. The van der Waals surface area contributed by atoms with Gasteiger partial charge in [-0.3, -0.25) is 0 Å². The standard InChI is InChI=1S/C10H9BO4S/c12-11(13)9-5-1-4-8-7(9)3-2-6-10(8)16(14)15/h1-6,12-13H,(H,14,15). The molecule has 6 heteroatoms. The molecule has 0 aliphatic heterocycles. The first kappa shape index (κ1) is 11.3.